The van der Waals surface area contributed by atoms with Crippen molar-refractivity contribution in [2.24, 2.45) is 0 Å². The van der Waals surface area contributed by atoms with Crippen molar-refractivity contribution in [1.82, 2.24) is 0 Å². The van der Waals surface area contributed by atoms with Gasteiger partial charge in [0, 0.05) is 49.6 Å². The largest absolute Gasteiger partial charge is 0.550 e. The van der Waals surface area contributed by atoms with Crippen molar-refractivity contribution in [1.29, 1.82) is 0 Å². The van der Waals surface area contributed by atoms with E-state index in [0.29, 0.717) is 0 Å². The van der Waals surface area contributed by atoms with Crippen molar-refractivity contribution in [3.8, 4) is 0 Å². The van der Waals surface area contributed by atoms with Gasteiger partial charge >= 0.3 is 0 Å². The number of carbonyl (C=O) groups excluding carboxylic acids is 6. The fourth-order valence-electron chi connectivity index (χ4n) is 3.17. The summed E-state index contributed by atoms with van der Waals surface area (Å²) in [5.74, 6) is -12.0. The molecule has 0 aromatic heterocycles. The van der Waals surface area contributed by atoms with E-state index < -0.39 is 72.7 Å². The Labute approximate surface area is 405 Å². The average Bonchev–Trinajstić information content (AvgIpc) is 3.02. The highest BCUT2D eigenvalue weighted by Gasteiger charge is 2.30. The van der Waals surface area contributed by atoms with Gasteiger partial charge in [-0.25, -0.2) is 0 Å². The molecule has 0 radical (unpaired) electrons. The minimum absolute atomic E-state index is 0.281. The number of aliphatic carboxylic acids is 6. The molecule has 412 valence electrons. The molecule has 0 fully saturated rings. The molecule has 26 nitrogen and oxygen atoms in total. The topological polar surface area (TPSA) is 403 Å². The number of aliphatic hydroxyl groups is 8. The maximum Gasteiger partial charge on any atom is 0.114 e. The van der Waals surface area contributed by atoms with Crippen LogP contribution in [0.15, 0.2) is 0 Å². The standard InChI is InChI=1S/2C6H8O7.6C5H14NO/c2*7-3(8)1-6(13,5(11)12)2-4(9)10;6*1-6(2,3)4-5-7/h2*13H,1-2H2,(H,7,8)(H,9,10)(H,11,12);6*7H,4-5H2,1-3H3/q;;6*+1/p-6. The van der Waals surface area contributed by atoms with Crippen molar-refractivity contribution < 1.29 is 127 Å². The van der Waals surface area contributed by atoms with Crippen molar-refractivity contribution in [2.75, 3.05) is 206 Å². The maximum absolute atomic E-state index is 10.1. The van der Waals surface area contributed by atoms with Crippen LogP contribution in [0.5, 0.6) is 0 Å². The molecular formula is C42H94N6O20. The number of nitrogens with zero attached hydrogens (tertiary/aromatic N) is 6. The number of rotatable bonds is 22. The van der Waals surface area contributed by atoms with Gasteiger partial charge in [-0.3, -0.25) is 0 Å². The first kappa shape index (κ1) is 81.2. The molecule has 8 N–H and O–H groups in total. The molecule has 0 rings (SSSR count). The van der Waals surface area contributed by atoms with Crippen LogP contribution < -0.4 is 30.6 Å². The van der Waals surface area contributed by atoms with Gasteiger partial charge < -0.3 is 127 Å². The second-order valence-corrected chi connectivity index (χ2v) is 21.3. The molecular weight excluding hydrogens is 908 g/mol. The summed E-state index contributed by atoms with van der Waals surface area (Å²) in [5, 5.41) is 128. The second-order valence-electron chi connectivity index (χ2n) is 21.3. The monoisotopic (exact) mass is 1000 g/mol. The van der Waals surface area contributed by atoms with Gasteiger partial charge in [-0.2, -0.15) is 0 Å². The molecule has 0 saturated heterocycles. The van der Waals surface area contributed by atoms with Gasteiger partial charge in [0.1, 0.15) is 50.5 Å². The molecule has 0 spiro atoms. The quantitative estimate of drug-likeness (QED) is 0.0467. The first-order valence-corrected chi connectivity index (χ1v) is 21.1. The van der Waals surface area contributed by atoms with E-state index in [1.807, 2.05) is 0 Å². The van der Waals surface area contributed by atoms with Crippen LogP contribution in [0.3, 0.4) is 0 Å². The van der Waals surface area contributed by atoms with Crippen LogP contribution in [-0.2, 0) is 28.8 Å². The molecule has 0 aromatic rings. The van der Waals surface area contributed by atoms with Crippen LogP contribution in [0.2, 0.25) is 0 Å². The van der Waals surface area contributed by atoms with Crippen molar-refractivity contribution >= 4 is 35.8 Å². The van der Waals surface area contributed by atoms with Gasteiger partial charge in [0.2, 0.25) is 0 Å². The van der Waals surface area contributed by atoms with Gasteiger partial charge in [0.25, 0.3) is 0 Å². The molecule has 0 unspecified atom stereocenters. The van der Waals surface area contributed by atoms with Crippen molar-refractivity contribution in [3.63, 3.8) is 0 Å². The third-order valence-corrected chi connectivity index (χ3v) is 7.13. The molecule has 0 bridgehead atoms. The Morgan fingerprint density at radius 3 is 0.426 bits per heavy atom. The Morgan fingerprint density at radius 1 is 0.294 bits per heavy atom. The lowest BCUT2D eigenvalue weighted by molar-refractivity contribution is -0.870. The van der Waals surface area contributed by atoms with Gasteiger partial charge in [-0.05, 0) is 0 Å². The van der Waals surface area contributed by atoms with E-state index in [-0.39, 0.29) is 39.6 Å². The van der Waals surface area contributed by atoms with Gasteiger partial charge in [0.15, 0.2) is 0 Å². The maximum atomic E-state index is 10.1. The summed E-state index contributed by atoms with van der Waals surface area (Å²) in [6, 6.07) is 0. The number of carboxylic acid groups (broad SMARTS) is 6. The molecule has 26 heteroatoms. The molecule has 0 aliphatic rings. The smallest absolute Gasteiger partial charge is 0.114 e. The van der Waals surface area contributed by atoms with E-state index in [4.69, 9.17) is 40.9 Å². The number of quaternary nitrogens is 6. The normalized spacial score (nSPS) is 11.6. The van der Waals surface area contributed by atoms with Gasteiger partial charge in [0.05, 0.1) is 178 Å². The molecule has 0 amide bonds. The van der Waals surface area contributed by atoms with E-state index in [0.717, 1.165) is 66.2 Å². The number of carbonyl (C=O) groups is 6. The predicted octanol–water partition coefficient (Wildman–Crippen LogP) is -12.4. The third kappa shape index (κ3) is 85.6. The van der Waals surface area contributed by atoms with Gasteiger partial charge in [-0.1, -0.05) is 0 Å². The summed E-state index contributed by atoms with van der Waals surface area (Å²) in [4.78, 5) is 60.0. The molecule has 0 aliphatic carbocycles. The molecule has 0 saturated carbocycles. The molecule has 0 heterocycles. The highest BCUT2D eigenvalue weighted by molar-refractivity contribution is 5.86. The fraction of sp³-hybridized carbons (Fsp3) is 0.857. The summed E-state index contributed by atoms with van der Waals surface area (Å²) in [5.41, 5.74) is -5.95. The van der Waals surface area contributed by atoms with Crippen LogP contribution in [0.1, 0.15) is 25.7 Å². The second kappa shape index (κ2) is 40.0. The first-order valence-electron chi connectivity index (χ1n) is 21.1. The highest BCUT2D eigenvalue weighted by atomic mass is 16.4. The van der Waals surface area contributed by atoms with Crippen LogP contribution in [-0.4, -0.2) is 321 Å². The highest BCUT2D eigenvalue weighted by Crippen LogP contribution is 2.14. The SMILES string of the molecule is C[N+](C)(C)CCO.C[N+](C)(C)CCO.C[N+](C)(C)CCO.C[N+](C)(C)CCO.C[N+](C)(C)CCO.C[N+](C)(C)CCO.O=C([O-])CC(O)(CC(=O)[O-])C(=O)[O-].O=C([O-])CC(O)(CC(=O)[O-])C(=O)[O-]. The van der Waals surface area contributed by atoms with Crippen LogP contribution in [0.25, 0.3) is 0 Å². The summed E-state index contributed by atoms with van der Waals surface area (Å²) < 4.78 is 5.06. The number of likely N-dealkylation sites (N-methyl/N-ethyl adjacent to an activating group) is 6. The van der Waals surface area contributed by atoms with E-state index in [1.165, 1.54) is 0 Å². The van der Waals surface area contributed by atoms with E-state index >= 15 is 0 Å². The van der Waals surface area contributed by atoms with Crippen LogP contribution in [0, 0.1) is 0 Å². The van der Waals surface area contributed by atoms with Crippen molar-refractivity contribution in [3.05, 3.63) is 0 Å². The van der Waals surface area contributed by atoms with E-state index in [1.54, 1.807) is 0 Å². The lowest BCUT2D eigenvalue weighted by atomic mass is 9.96. The third-order valence-electron chi connectivity index (χ3n) is 7.13. The number of hydrogen-bond acceptors (Lipinski definition) is 20. The Balaban J connectivity index is -0.000000103. The minimum atomic E-state index is -2.97. The number of carboxylic acids is 6. The minimum Gasteiger partial charge on any atom is -0.550 e. The molecule has 68 heavy (non-hydrogen) atoms. The zero-order chi connectivity index (χ0) is 56.8. The Hall–Kier alpha value is -3.74. The molecule has 0 atom stereocenters. The molecule has 0 aromatic carbocycles. The average molecular weight is 1000 g/mol. The first-order chi connectivity index (χ1) is 29.9. The van der Waals surface area contributed by atoms with Crippen molar-refractivity contribution in [2.45, 2.75) is 36.9 Å². The van der Waals surface area contributed by atoms with Crippen LogP contribution >= 0.6 is 0 Å². The Morgan fingerprint density at radius 2 is 0.397 bits per heavy atom. The van der Waals surface area contributed by atoms with Crippen LogP contribution in [0.4, 0.5) is 0 Å². The summed E-state index contributed by atoms with van der Waals surface area (Å²) in [7, 11) is 36.9. The zero-order valence-electron chi connectivity index (χ0n) is 44.5. The summed E-state index contributed by atoms with van der Waals surface area (Å²) >= 11 is 0. The zero-order valence-corrected chi connectivity index (χ0v) is 44.5. The van der Waals surface area contributed by atoms with Gasteiger partial charge in [-0.15, -0.1) is 0 Å². The number of hydrogen-bond donors (Lipinski definition) is 8. The Kier molecular flexibility index (Phi) is 47.8. The Bertz CT molecular complexity index is 1120. The summed E-state index contributed by atoms with van der Waals surface area (Å²) in [6.45, 7) is 6.69. The van der Waals surface area contributed by atoms with E-state index in [2.05, 4.69) is 127 Å². The number of aliphatic hydroxyl groups excluding tert-OH is 6. The molecule has 0 aliphatic heterocycles. The predicted molar refractivity (Wildman–Crippen MR) is 238 cm³/mol. The fourth-order valence-corrected chi connectivity index (χ4v) is 3.17. The lowest BCUT2D eigenvalue weighted by Crippen LogP contribution is -2.54. The summed E-state index contributed by atoms with van der Waals surface area (Å²) in [6.07, 6.45) is -5.43. The van der Waals surface area contributed by atoms with E-state index in [9.17, 15) is 59.4 Å². The lowest BCUT2D eigenvalue weighted by Gasteiger charge is -2.29.